The molecule has 2 aromatic rings. The largest absolute Gasteiger partial charge is 0.466 e. The minimum atomic E-state index is -0.284. The number of nitrogens with zero attached hydrogens (tertiary/aromatic N) is 1. The minimum absolute atomic E-state index is 0.0146. The molecule has 0 aliphatic rings. The van der Waals surface area contributed by atoms with Gasteiger partial charge in [-0.25, -0.2) is 4.98 Å². The van der Waals surface area contributed by atoms with E-state index in [1.54, 1.807) is 19.1 Å². The zero-order chi connectivity index (χ0) is 15.2. The molecule has 0 radical (unpaired) electrons. The third kappa shape index (κ3) is 4.39. The number of thiazole rings is 1. The number of hydrogen-bond donors (Lipinski definition) is 1. The Kier molecular flexibility index (Phi) is 5.05. The van der Waals surface area contributed by atoms with E-state index in [0.29, 0.717) is 23.0 Å². The molecule has 0 atom stereocenters. The van der Waals surface area contributed by atoms with Crippen LogP contribution in [0.15, 0.2) is 29.6 Å². The molecule has 0 saturated carbocycles. The summed E-state index contributed by atoms with van der Waals surface area (Å²) in [7, 11) is 0. The van der Waals surface area contributed by atoms with Gasteiger partial charge in [-0.1, -0.05) is 12.1 Å². The smallest absolute Gasteiger partial charge is 0.311 e. The maximum atomic E-state index is 11.4. The van der Waals surface area contributed by atoms with Crippen LogP contribution in [0.2, 0.25) is 0 Å². The van der Waals surface area contributed by atoms with E-state index in [2.05, 4.69) is 10.3 Å². The maximum Gasteiger partial charge on any atom is 0.311 e. The number of aromatic nitrogens is 1. The minimum Gasteiger partial charge on any atom is -0.466 e. The molecule has 1 N–H and O–H groups in total. The highest BCUT2D eigenvalue weighted by atomic mass is 32.1. The van der Waals surface area contributed by atoms with Crippen molar-refractivity contribution in [2.45, 2.75) is 20.3 Å². The molecule has 1 heterocycles. The summed E-state index contributed by atoms with van der Waals surface area (Å²) in [6.45, 7) is 3.67. The standard InChI is InChI=1S/C15H16N2O3S/c1-3-20-14(19)8-13-9-21-15(17-13)16-12-6-4-5-11(7-12)10(2)18/h4-7,9H,3,8H2,1-2H3,(H,16,17). The first-order valence-electron chi connectivity index (χ1n) is 6.56. The van der Waals surface area contributed by atoms with Crippen molar-refractivity contribution in [1.82, 2.24) is 4.98 Å². The third-order valence-electron chi connectivity index (χ3n) is 2.70. The van der Waals surface area contributed by atoms with E-state index >= 15 is 0 Å². The average Bonchev–Trinajstić information content (AvgIpc) is 2.86. The van der Waals surface area contributed by atoms with Crippen LogP contribution in [-0.4, -0.2) is 23.3 Å². The highest BCUT2D eigenvalue weighted by Gasteiger charge is 2.09. The van der Waals surface area contributed by atoms with Gasteiger partial charge in [-0.3, -0.25) is 9.59 Å². The van der Waals surface area contributed by atoms with Crippen molar-refractivity contribution in [3.05, 3.63) is 40.9 Å². The fraction of sp³-hybridized carbons (Fsp3) is 0.267. The van der Waals surface area contributed by atoms with Gasteiger partial charge in [0, 0.05) is 16.6 Å². The molecule has 6 heteroatoms. The Labute approximate surface area is 127 Å². The van der Waals surface area contributed by atoms with Crippen molar-refractivity contribution in [3.63, 3.8) is 0 Å². The van der Waals surface area contributed by atoms with Crippen LogP contribution in [0.3, 0.4) is 0 Å². The number of benzene rings is 1. The molecule has 0 bridgehead atoms. The summed E-state index contributed by atoms with van der Waals surface area (Å²) in [6, 6.07) is 7.21. The summed E-state index contributed by atoms with van der Waals surface area (Å²) in [5.74, 6) is -0.270. The van der Waals surface area contributed by atoms with Crippen LogP contribution in [0.1, 0.15) is 29.9 Å². The first-order valence-corrected chi connectivity index (χ1v) is 7.44. The molecule has 0 unspecified atom stereocenters. The van der Waals surface area contributed by atoms with Gasteiger partial charge in [0.25, 0.3) is 0 Å². The van der Waals surface area contributed by atoms with Gasteiger partial charge in [0.05, 0.1) is 18.7 Å². The number of hydrogen-bond acceptors (Lipinski definition) is 6. The summed E-state index contributed by atoms with van der Waals surface area (Å²) in [5.41, 5.74) is 2.10. The summed E-state index contributed by atoms with van der Waals surface area (Å²) in [4.78, 5) is 27.1. The van der Waals surface area contributed by atoms with Crippen LogP contribution in [0.4, 0.5) is 10.8 Å². The second-order valence-corrected chi connectivity index (χ2v) is 5.25. The molecular formula is C15H16N2O3S. The fourth-order valence-electron chi connectivity index (χ4n) is 1.74. The Balaban J connectivity index is 2.04. The number of anilines is 2. The van der Waals surface area contributed by atoms with Gasteiger partial charge in [-0.05, 0) is 26.0 Å². The van der Waals surface area contributed by atoms with E-state index in [-0.39, 0.29) is 18.2 Å². The third-order valence-corrected chi connectivity index (χ3v) is 3.51. The van der Waals surface area contributed by atoms with E-state index < -0.39 is 0 Å². The molecule has 0 aliphatic heterocycles. The Hall–Kier alpha value is -2.21. The van der Waals surface area contributed by atoms with Gasteiger partial charge in [0.2, 0.25) is 0 Å². The Bertz CT molecular complexity index is 652. The second kappa shape index (κ2) is 6.99. The topological polar surface area (TPSA) is 68.3 Å². The zero-order valence-electron chi connectivity index (χ0n) is 11.9. The van der Waals surface area contributed by atoms with Crippen LogP contribution < -0.4 is 5.32 Å². The van der Waals surface area contributed by atoms with Crippen molar-refractivity contribution >= 4 is 33.9 Å². The van der Waals surface area contributed by atoms with Gasteiger partial charge in [-0.2, -0.15) is 0 Å². The van der Waals surface area contributed by atoms with Gasteiger partial charge < -0.3 is 10.1 Å². The lowest BCUT2D eigenvalue weighted by Gasteiger charge is -2.04. The number of rotatable bonds is 6. The lowest BCUT2D eigenvalue weighted by atomic mass is 10.1. The lowest BCUT2D eigenvalue weighted by Crippen LogP contribution is -2.07. The summed E-state index contributed by atoms with van der Waals surface area (Å²) >= 11 is 1.40. The van der Waals surface area contributed by atoms with Gasteiger partial charge in [-0.15, -0.1) is 11.3 Å². The monoisotopic (exact) mass is 304 g/mol. The van der Waals surface area contributed by atoms with E-state index in [4.69, 9.17) is 4.74 Å². The predicted molar refractivity (Wildman–Crippen MR) is 82.2 cm³/mol. The molecule has 110 valence electrons. The molecule has 0 amide bonds. The Morgan fingerprint density at radius 3 is 2.90 bits per heavy atom. The van der Waals surface area contributed by atoms with Crippen LogP contribution in [0, 0.1) is 0 Å². The first kappa shape index (κ1) is 15.2. The average molecular weight is 304 g/mol. The molecular weight excluding hydrogens is 288 g/mol. The van der Waals surface area contributed by atoms with Crippen molar-refractivity contribution in [2.24, 2.45) is 0 Å². The molecule has 0 saturated heterocycles. The number of nitrogens with one attached hydrogen (secondary N) is 1. The van der Waals surface area contributed by atoms with E-state index in [1.165, 1.54) is 18.3 Å². The molecule has 2 rings (SSSR count). The molecule has 0 fully saturated rings. The molecule has 5 nitrogen and oxygen atoms in total. The van der Waals surface area contributed by atoms with Gasteiger partial charge in [0.15, 0.2) is 10.9 Å². The maximum absolute atomic E-state index is 11.4. The number of carbonyl (C=O) groups excluding carboxylic acids is 2. The van der Waals surface area contributed by atoms with Gasteiger partial charge >= 0.3 is 5.97 Å². The fourth-order valence-corrected chi connectivity index (χ4v) is 2.48. The van der Waals surface area contributed by atoms with E-state index in [9.17, 15) is 9.59 Å². The van der Waals surface area contributed by atoms with Crippen LogP contribution >= 0.6 is 11.3 Å². The van der Waals surface area contributed by atoms with Crippen LogP contribution in [0.25, 0.3) is 0 Å². The predicted octanol–water partition coefficient (Wildman–Crippen LogP) is 3.19. The van der Waals surface area contributed by atoms with E-state index in [0.717, 1.165) is 5.69 Å². The van der Waals surface area contributed by atoms with Crippen molar-refractivity contribution in [1.29, 1.82) is 0 Å². The van der Waals surface area contributed by atoms with Crippen molar-refractivity contribution in [3.8, 4) is 0 Å². The second-order valence-electron chi connectivity index (χ2n) is 4.39. The van der Waals surface area contributed by atoms with E-state index in [1.807, 2.05) is 17.5 Å². The van der Waals surface area contributed by atoms with Gasteiger partial charge in [0.1, 0.15) is 0 Å². The first-order chi connectivity index (χ1) is 10.1. The normalized spacial score (nSPS) is 10.2. The number of Topliss-reactive ketones (excluding diaryl/α,β-unsaturated/α-hetero) is 1. The zero-order valence-corrected chi connectivity index (χ0v) is 12.7. The van der Waals surface area contributed by atoms with Crippen LogP contribution in [0.5, 0.6) is 0 Å². The summed E-state index contributed by atoms with van der Waals surface area (Å²) in [6.07, 6.45) is 0.166. The summed E-state index contributed by atoms with van der Waals surface area (Å²) in [5, 5.41) is 5.62. The number of ketones is 1. The Morgan fingerprint density at radius 2 is 2.19 bits per heavy atom. The SMILES string of the molecule is CCOC(=O)Cc1csc(Nc2cccc(C(C)=O)c2)n1. The Morgan fingerprint density at radius 1 is 1.38 bits per heavy atom. The van der Waals surface area contributed by atoms with Crippen molar-refractivity contribution in [2.75, 3.05) is 11.9 Å². The molecule has 0 spiro atoms. The lowest BCUT2D eigenvalue weighted by molar-refractivity contribution is -0.142. The molecule has 0 aliphatic carbocycles. The highest BCUT2D eigenvalue weighted by molar-refractivity contribution is 7.13. The number of ether oxygens (including phenoxy) is 1. The quantitative estimate of drug-likeness (QED) is 0.655. The molecule has 1 aromatic carbocycles. The molecule has 21 heavy (non-hydrogen) atoms. The molecule has 1 aromatic heterocycles. The highest BCUT2D eigenvalue weighted by Crippen LogP contribution is 2.22. The number of carbonyl (C=O) groups is 2. The van der Waals surface area contributed by atoms with Crippen molar-refractivity contribution < 1.29 is 14.3 Å². The van der Waals surface area contributed by atoms with Crippen LogP contribution in [-0.2, 0) is 16.0 Å². The number of esters is 1. The summed E-state index contributed by atoms with van der Waals surface area (Å²) < 4.78 is 4.88.